The van der Waals surface area contributed by atoms with Crippen LogP contribution in [0.3, 0.4) is 0 Å². The first-order valence-electron chi connectivity index (χ1n) is 6.98. The highest BCUT2D eigenvalue weighted by molar-refractivity contribution is 5.76. The third-order valence-corrected chi connectivity index (χ3v) is 3.59. The topological polar surface area (TPSA) is 29.5 Å². The molecular formula is C15H18F3NO2. The van der Waals surface area contributed by atoms with E-state index in [9.17, 15) is 18.0 Å². The second-order valence-electron chi connectivity index (χ2n) is 5.08. The summed E-state index contributed by atoms with van der Waals surface area (Å²) in [6.07, 6.45) is -2.69. The van der Waals surface area contributed by atoms with Crippen molar-refractivity contribution in [1.29, 1.82) is 0 Å². The quantitative estimate of drug-likeness (QED) is 0.800. The lowest BCUT2D eigenvalue weighted by Crippen LogP contribution is -2.36. The molecule has 0 amide bonds. The summed E-state index contributed by atoms with van der Waals surface area (Å²) in [7, 11) is 0. The predicted molar refractivity (Wildman–Crippen MR) is 71.5 cm³/mol. The Balaban J connectivity index is 2.02. The first-order valence-corrected chi connectivity index (χ1v) is 6.98. The number of benzene rings is 1. The Kier molecular flexibility index (Phi) is 4.88. The highest BCUT2D eigenvalue weighted by atomic mass is 19.4. The summed E-state index contributed by atoms with van der Waals surface area (Å²) in [6, 6.07) is 4.79. The van der Waals surface area contributed by atoms with E-state index in [2.05, 4.69) is 0 Å². The monoisotopic (exact) mass is 301 g/mol. The Labute approximate surface area is 121 Å². The van der Waals surface area contributed by atoms with Gasteiger partial charge in [-0.1, -0.05) is 12.1 Å². The SMILES string of the molecule is CCOC(=O)C1CCCN1Cc1ccc(C(F)(F)F)cc1. The Morgan fingerprint density at radius 1 is 1.33 bits per heavy atom. The molecule has 1 fully saturated rings. The second kappa shape index (κ2) is 6.47. The van der Waals surface area contributed by atoms with Crippen LogP contribution in [0.4, 0.5) is 13.2 Å². The van der Waals surface area contributed by atoms with Crippen molar-refractivity contribution >= 4 is 5.97 Å². The zero-order valence-corrected chi connectivity index (χ0v) is 11.8. The van der Waals surface area contributed by atoms with Crippen molar-refractivity contribution in [3.63, 3.8) is 0 Å². The Morgan fingerprint density at radius 2 is 2.00 bits per heavy atom. The number of esters is 1. The molecule has 1 aliphatic heterocycles. The van der Waals surface area contributed by atoms with Crippen molar-refractivity contribution in [2.24, 2.45) is 0 Å². The number of carbonyl (C=O) groups excluding carboxylic acids is 1. The van der Waals surface area contributed by atoms with Crippen LogP contribution in [-0.4, -0.2) is 30.1 Å². The molecule has 0 aliphatic carbocycles. The van der Waals surface area contributed by atoms with Gasteiger partial charge in [0.05, 0.1) is 12.2 Å². The average molecular weight is 301 g/mol. The van der Waals surface area contributed by atoms with E-state index >= 15 is 0 Å². The fourth-order valence-electron chi connectivity index (χ4n) is 2.55. The van der Waals surface area contributed by atoms with Crippen molar-refractivity contribution < 1.29 is 22.7 Å². The van der Waals surface area contributed by atoms with Gasteiger partial charge < -0.3 is 4.74 Å². The van der Waals surface area contributed by atoms with Gasteiger partial charge in [0, 0.05) is 6.54 Å². The van der Waals surface area contributed by atoms with Gasteiger partial charge in [0.2, 0.25) is 0 Å². The number of halogens is 3. The van der Waals surface area contributed by atoms with Crippen LogP contribution in [0, 0.1) is 0 Å². The van der Waals surface area contributed by atoms with E-state index in [4.69, 9.17) is 4.74 Å². The van der Waals surface area contributed by atoms with E-state index < -0.39 is 11.7 Å². The van der Waals surface area contributed by atoms with Gasteiger partial charge in [0.25, 0.3) is 0 Å². The number of rotatable bonds is 4. The molecule has 0 saturated carbocycles. The smallest absolute Gasteiger partial charge is 0.416 e. The molecule has 0 N–H and O–H groups in total. The molecule has 1 aromatic rings. The van der Waals surface area contributed by atoms with E-state index in [0.29, 0.717) is 13.2 Å². The van der Waals surface area contributed by atoms with E-state index in [0.717, 1.165) is 37.1 Å². The van der Waals surface area contributed by atoms with Gasteiger partial charge in [-0.15, -0.1) is 0 Å². The lowest BCUT2D eigenvalue weighted by Gasteiger charge is -2.23. The summed E-state index contributed by atoms with van der Waals surface area (Å²) in [4.78, 5) is 13.8. The zero-order valence-electron chi connectivity index (χ0n) is 11.8. The van der Waals surface area contributed by atoms with Gasteiger partial charge >= 0.3 is 12.1 Å². The number of ether oxygens (including phenoxy) is 1. The van der Waals surface area contributed by atoms with Crippen molar-refractivity contribution in [2.45, 2.75) is 38.5 Å². The van der Waals surface area contributed by atoms with Crippen LogP contribution in [0.2, 0.25) is 0 Å². The summed E-state index contributed by atoms with van der Waals surface area (Å²) in [5.74, 6) is -0.248. The van der Waals surface area contributed by atoms with Crippen LogP contribution in [0.5, 0.6) is 0 Å². The molecule has 0 radical (unpaired) electrons. The van der Waals surface area contributed by atoms with Crippen molar-refractivity contribution in [3.05, 3.63) is 35.4 Å². The second-order valence-corrected chi connectivity index (χ2v) is 5.08. The van der Waals surface area contributed by atoms with Gasteiger partial charge in [0.15, 0.2) is 0 Å². The maximum atomic E-state index is 12.5. The van der Waals surface area contributed by atoms with Crippen LogP contribution in [0.25, 0.3) is 0 Å². The number of hydrogen-bond acceptors (Lipinski definition) is 3. The maximum absolute atomic E-state index is 12.5. The van der Waals surface area contributed by atoms with Crippen LogP contribution < -0.4 is 0 Å². The fraction of sp³-hybridized carbons (Fsp3) is 0.533. The highest BCUT2D eigenvalue weighted by Crippen LogP contribution is 2.29. The molecule has 6 heteroatoms. The number of likely N-dealkylation sites (tertiary alicyclic amines) is 1. The van der Waals surface area contributed by atoms with Crippen LogP contribution in [0.15, 0.2) is 24.3 Å². The normalized spacial score (nSPS) is 19.7. The molecule has 1 atom stereocenters. The van der Waals surface area contributed by atoms with Gasteiger partial charge in [-0.2, -0.15) is 13.2 Å². The lowest BCUT2D eigenvalue weighted by molar-refractivity contribution is -0.148. The van der Waals surface area contributed by atoms with Gasteiger partial charge in [-0.3, -0.25) is 9.69 Å². The van der Waals surface area contributed by atoms with Crippen LogP contribution in [-0.2, 0) is 22.3 Å². The van der Waals surface area contributed by atoms with E-state index in [-0.39, 0.29) is 12.0 Å². The molecule has 1 aliphatic rings. The molecule has 0 aromatic heterocycles. The van der Waals surface area contributed by atoms with Gasteiger partial charge in [-0.05, 0) is 44.0 Å². The third-order valence-electron chi connectivity index (χ3n) is 3.59. The molecule has 116 valence electrons. The average Bonchev–Trinajstić information content (AvgIpc) is 2.87. The van der Waals surface area contributed by atoms with Crippen LogP contribution in [0.1, 0.15) is 30.9 Å². The molecule has 0 bridgehead atoms. The van der Waals surface area contributed by atoms with Crippen molar-refractivity contribution in [1.82, 2.24) is 4.90 Å². The first-order chi connectivity index (χ1) is 9.91. The van der Waals surface area contributed by atoms with E-state index in [1.165, 1.54) is 12.1 Å². The largest absolute Gasteiger partial charge is 0.465 e. The highest BCUT2D eigenvalue weighted by Gasteiger charge is 2.32. The Morgan fingerprint density at radius 3 is 2.57 bits per heavy atom. The molecule has 3 nitrogen and oxygen atoms in total. The van der Waals surface area contributed by atoms with Gasteiger partial charge in [0.1, 0.15) is 6.04 Å². The van der Waals surface area contributed by atoms with Crippen LogP contribution >= 0.6 is 0 Å². The van der Waals surface area contributed by atoms with Crippen molar-refractivity contribution in [3.8, 4) is 0 Å². The minimum absolute atomic E-state index is 0.248. The molecular weight excluding hydrogens is 283 g/mol. The standard InChI is InChI=1S/C15H18F3NO2/c1-2-21-14(20)13-4-3-9-19(13)10-11-5-7-12(8-6-11)15(16,17)18/h5-8,13H,2-4,9-10H2,1H3. The first kappa shape index (κ1) is 15.8. The summed E-state index contributed by atoms with van der Waals surface area (Å²) >= 11 is 0. The minimum atomic E-state index is -4.32. The minimum Gasteiger partial charge on any atom is -0.465 e. The molecule has 1 heterocycles. The number of nitrogens with zero attached hydrogens (tertiary/aromatic N) is 1. The van der Waals surface area contributed by atoms with Crippen molar-refractivity contribution in [2.75, 3.05) is 13.2 Å². The summed E-state index contributed by atoms with van der Waals surface area (Å²) in [5, 5.41) is 0. The summed E-state index contributed by atoms with van der Waals surface area (Å²) < 4.78 is 42.5. The number of alkyl halides is 3. The Hall–Kier alpha value is -1.56. The number of hydrogen-bond donors (Lipinski definition) is 0. The van der Waals surface area contributed by atoms with E-state index in [1.807, 2.05) is 4.90 Å². The molecule has 2 rings (SSSR count). The van der Waals surface area contributed by atoms with Gasteiger partial charge in [-0.25, -0.2) is 0 Å². The molecule has 1 aromatic carbocycles. The molecule has 1 saturated heterocycles. The molecule has 0 spiro atoms. The molecule has 1 unspecified atom stereocenters. The lowest BCUT2D eigenvalue weighted by atomic mass is 10.1. The zero-order chi connectivity index (χ0) is 15.5. The van der Waals surface area contributed by atoms with E-state index in [1.54, 1.807) is 6.92 Å². The fourth-order valence-corrected chi connectivity index (χ4v) is 2.55. The predicted octanol–water partition coefficient (Wildman–Crippen LogP) is 3.23. The molecule has 21 heavy (non-hydrogen) atoms. The maximum Gasteiger partial charge on any atom is 0.416 e. The number of carbonyl (C=O) groups is 1. The Bertz CT molecular complexity index is 485. The summed E-state index contributed by atoms with van der Waals surface area (Å²) in [5.41, 5.74) is 0.105. The summed E-state index contributed by atoms with van der Waals surface area (Å²) in [6.45, 7) is 3.31. The third kappa shape index (κ3) is 3.97.